The predicted molar refractivity (Wildman–Crippen MR) is 119 cm³/mol. The number of hydrogen-bond donors (Lipinski definition) is 3. The van der Waals surface area contributed by atoms with Gasteiger partial charge in [-0.15, -0.1) is 0 Å². The Hall–Kier alpha value is -2.71. The Morgan fingerprint density at radius 3 is 2.71 bits per heavy atom. The summed E-state index contributed by atoms with van der Waals surface area (Å²) in [5.74, 6) is 0.683. The highest BCUT2D eigenvalue weighted by Gasteiger charge is 2.34. The van der Waals surface area contributed by atoms with Gasteiger partial charge in [0.05, 0.1) is 18.5 Å². The van der Waals surface area contributed by atoms with E-state index >= 15 is 0 Å². The number of amides is 1. The number of aryl methyl sites for hydroxylation is 1. The highest BCUT2D eigenvalue weighted by molar-refractivity contribution is 5.76. The van der Waals surface area contributed by atoms with Crippen molar-refractivity contribution in [2.75, 3.05) is 31.5 Å². The summed E-state index contributed by atoms with van der Waals surface area (Å²) in [4.78, 5) is 31.2. The number of likely N-dealkylation sites (tertiary alicyclic amines) is 1. The monoisotopic (exact) mass is 425 g/mol. The zero-order valence-electron chi connectivity index (χ0n) is 17.8. The number of nitrogens with zero attached hydrogens (tertiary/aromatic N) is 3. The van der Waals surface area contributed by atoms with Gasteiger partial charge in [0.25, 0.3) is 5.56 Å². The molecule has 1 aromatic heterocycles. The molecule has 0 bridgehead atoms. The normalized spacial score (nSPS) is 20.5. The van der Waals surface area contributed by atoms with Crippen LogP contribution in [0.25, 0.3) is 0 Å². The van der Waals surface area contributed by atoms with Crippen LogP contribution in [0.15, 0.2) is 47.5 Å². The highest BCUT2D eigenvalue weighted by Crippen LogP contribution is 2.24. The molecule has 2 aromatic rings. The van der Waals surface area contributed by atoms with Gasteiger partial charge in [0.2, 0.25) is 5.91 Å². The largest absolute Gasteiger partial charge is 0.388 e. The Kier molecular flexibility index (Phi) is 6.67. The van der Waals surface area contributed by atoms with Crippen molar-refractivity contribution in [3.63, 3.8) is 0 Å². The summed E-state index contributed by atoms with van der Waals surface area (Å²) in [6.45, 7) is 3.02. The number of carbonyl (C=O) groups excluding carboxylic acids is 1. The molecule has 1 amide bonds. The lowest BCUT2D eigenvalue weighted by Gasteiger charge is -2.38. The Bertz CT molecular complexity index is 932. The lowest BCUT2D eigenvalue weighted by atomic mass is 9.91. The SMILES string of the molecule is O=C(CCc1ccccc1)N1CCC(O)(Cn2cnc(NC3CCNC3)cc2=O)CC1. The fourth-order valence-corrected chi connectivity index (χ4v) is 4.31. The van der Waals surface area contributed by atoms with Gasteiger partial charge in [-0.2, -0.15) is 0 Å². The topological polar surface area (TPSA) is 99.5 Å². The average Bonchev–Trinajstić information content (AvgIpc) is 3.28. The van der Waals surface area contributed by atoms with Gasteiger partial charge in [0.15, 0.2) is 0 Å². The second kappa shape index (κ2) is 9.62. The predicted octanol–water partition coefficient (Wildman–Crippen LogP) is 1.00. The number of rotatable bonds is 7. The fraction of sp³-hybridized carbons (Fsp3) is 0.522. The second-order valence-corrected chi connectivity index (χ2v) is 8.67. The Morgan fingerprint density at radius 2 is 2.03 bits per heavy atom. The van der Waals surface area contributed by atoms with E-state index in [2.05, 4.69) is 15.6 Å². The first-order valence-corrected chi connectivity index (χ1v) is 11.1. The van der Waals surface area contributed by atoms with Crippen LogP contribution in [0.4, 0.5) is 5.82 Å². The van der Waals surface area contributed by atoms with Gasteiger partial charge in [0.1, 0.15) is 5.82 Å². The maximum atomic E-state index is 12.5. The van der Waals surface area contributed by atoms with Gasteiger partial charge in [-0.25, -0.2) is 4.98 Å². The van der Waals surface area contributed by atoms with Crippen molar-refractivity contribution in [2.24, 2.45) is 0 Å². The molecule has 1 aromatic carbocycles. The Morgan fingerprint density at radius 1 is 1.26 bits per heavy atom. The van der Waals surface area contributed by atoms with Crippen LogP contribution in [0.1, 0.15) is 31.2 Å². The van der Waals surface area contributed by atoms with Crippen molar-refractivity contribution < 1.29 is 9.90 Å². The Labute approximate surface area is 182 Å². The zero-order valence-corrected chi connectivity index (χ0v) is 17.8. The number of aliphatic hydroxyl groups is 1. The molecule has 31 heavy (non-hydrogen) atoms. The first kappa shape index (κ1) is 21.5. The summed E-state index contributed by atoms with van der Waals surface area (Å²) in [5, 5.41) is 17.5. The summed E-state index contributed by atoms with van der Waals surface area (Å²) in [7, 11) is 0. The molecule has 2 saturated heterocycles. The van der Waals surface area contributed by atoms with Crippen LogP contribution >= 0.6 is 0 Å². The van der Waals surface area contributed by atoms with Crippen molar-refractivity contribution >= 4 is 11.7 Å². The average molecular weight is 426 g/mol. The minimum absolute atomic E-state index is 0.113. The van der Waals surface area contributed by atoms with E-state index in [0.717, 1.165) is 31.5 Å². The van der Waals surface area contributed by atoms with Crippen molar-refractivity contribution in [3.8, 4) is 0 Å². The van der Waals surface area contributed by atoms with E-state index in [4.69, 9.17) is 0 Å². The molecule has 2 aliphatic heterocycles. The van der Waals surface area contributed by atoms with Crippen LogP contribution < -0.4 is 16.2 Å². The molecule has 3 N–H and O–H groups in total. The summed E-state index contributed by atoms with van der Waals surface area (Å²) in [6, 6.07) is 11.8. The summed E-state index contributed by atoms with van der Waals surface area (Å²) in [5.41, 5.74) is -0.0388. The zero-order chi connectivity index (χ0) is 21.7. The van der Waals surface area contributed by atoms with Crippen molar-refractivity contribution in [1.82, 2.24) is 19.8 Å². The van der Waals surface area contributed by atoms with E-state index < -0.39 is 5.60 Å². The summed E-state index contributed by atoms with van der Waals surface area (Å²) < 4.78 is 1.46. The van der Waals surface area contributed by atoms with Gasteiger partial charge < -0.3 is 20.6 Å². The summed E-state index contributed by atoms with van der Waals surface area (Å²) >= 11 is 0. The lowest BCUT2D eigenvalue weighted by molar-refractivity contribution is -0.135. The third-order valence-corrected chi connectivity index (χ3v) is 6.27. The molecular formula is C23H31N5O3. The minimum atomic E-state index is -1.01. The van der Waals surface area contributed by atoms with E-state index in [9.17, 15) is 14.7 Å². The van der Waals surface area contributed by atoms with Crippen LogP contribution in [0.3, 0.4) is 0 Å². The van der Waals surface area contributed by atoms with Crippen LogP contribution in [0, 0.1) is 0 Å². The van der Waals surface area contributed by atoms with E-state index in [1.807, 2.05) is 35.2 Å². The van der Waals surface area contributed by atoms with E-state index in [0.29, 0.717) is 38.2 Å². The molecule has 0 spiro atoms. The van der Waals surface area contributed by atoms with Crippen molar-refractivity contribution in [2.45, 2.75) is 50.3 Å². The van der Waals surface area contributed by atoms with Gasteiger partial charge in [-0.3, -0.25) is 14.2 Å². The van der Waals surface area contributed by atoms with Gasteiger partial charge in [-0.05, 0) is 37.8 Å². The number of benzene rings is 1. The molecule has 8 nitrogen and oxygen atoms in total. The van der Waals surface area contributed by atoms with E-state index in [1.165, 1.54) is 17.0 Å². The molecule has 2 aliphatic rings. The van der Waals surface area contributed by atoms with Gasteiger partial charge in [0, 0.05) is 38.2 Å². The second-order valence-electron chi connectivity index (χ2n) is 8.67. The van der Waals surface area contributed by atoms with Crippen LogP contribution in [0.5, 0.6) is 0 Å². The maximum Gasteiger partial charge on any atom is 0.255 e. The molecule has 3 heterocycles. The molecule has 0 aliphatic carbocycles. The van der Waals surface area contributed by atoms with E-state index in [-0.39, 0.29) is 24.1 Å². The highest BCUT2D eigenvalue weighted by atomic mass is 16.3. The number of hydrogen-bond acceptors (Lipinski definition) is 6. The standard InChI is InChI=1S/C23H31N5O3/c29-21(7-6-18-4-2-1-3-5-18)27-12-9-23(31,10-13-27)16-28-17-25-20(14-22(28)30)26-19-8-11-24-15-19/h1-5,14,17,19,24,26,31H,6-13,15-16H2. The third kappa shape index (κ3) is 5.71. The number of piperidine rings is 1. The van der Waals surface area contributed by atoms with Gasteiger partial charge >= 0.3 is 0 Å². The number of carbonyl (C=O) groups is 1. The molecule has 1 atom stereocenters. The van der Waals surface area contributed by atoms with Crippen molar-refractivity contribution in [1.29, 1.82) is 0 Å². The molecule has 1 unspecified atom stereocenters. The lowest BCUT2D eigenvalue weighted by Crippen LogP contribution is -2.49. The van der Waals surface area contributed by atoms with E-state index in [1.54, 1.807) is 0 Å². The van der Waals surface area contributed by atoms with Crippen molar-refractivity contribution in [3.05, 3.63) is 58.6 Å². The molecular weight excluding hydrogens is 394 g/mol. The smallest absolute Gasteiger partial charge is 0.255 e. The summed E-state index contributed by atoms with van der Waals surface area (Å²) in [6.07, 6.45) is 4.59. The third-order valence-electron chi connectivity index (χ3n) is 6.27. The molecule has 4 rings (SSSR count). The molecule has 0 saturated carbocycles. The molecule has 8 heteroatoms. The first-order valence-electron chi connectivity index (χ1n) is 11.1. The fourth-order valence-electron chi connectivity index (χ4n) is 4.31. The van der Waals surface area contributed by atoms with Gasteiger partial charge in [-0.1, -0.05) is 30.3 Å². The Balaban J connectivity index is 1.28. The molecule has 166 valence electrons. The number of anilines is 1. The van der Waals surface area contributed by atoms with Crippen LogP contribution in [-0.4, -0.2) is 63.3 Å². The molecule has 2 fully saturated rings. The number of nitrogens with one attached hydrogen (secondary N) is 2. The minimum Gasteiger partial charge on any atom is -0.388 e. The quantitative estimate of drug-likeness (QED) is 0.612. The van der Waals surface area contributed by atoms with Crippen LogP contribution in [-0.2, 0) is 17.8 Å². The maximum absolute atomic E-state index is 12.5. The first-order chi connectivity index (χ1) is 15.0. The molecule has 0 radical (unpaired) electrons. The van der Waals surface area contributed by atoms with Crippen LogP contribution in [0.2, 0.25) is 0 Å². The number of aromatic nitrogens is 2.